The SMILES string of the molecule is Cc1ccc(NC(=O)[C@H](C)n2nc(-c3ccccc3)c3cc(Cl)ccc32)cc1C. The third-order valence-corrected chi connectivity index (χ3v) is 5.47. The van der Waals surface area contributed by atoms with E-state index < -0.39 is 6.04 Å². The predicted octanol–water partition coefficient (Wildman–Crippen LogP) is 6.17. The fourth-order valence-corrected chi connectivity index (χ4v) is 3.57. The summed E-state index contributed by atoms with van der Waals surface area (Å²) in [7, 11) is 0. The predicted molar refractivity (Wildman–Crippen MR) is 119 cm³/mol. The standard InChI is InChI=1S/C24H22ClN3O/c1-15-9-11-20(13-16(15)2)26-24(29)17(3)28-22-12-10-19(25)14-21(22)23(27-28)18-7-5-4-6-8-18/h4-14,17H,1-3H3,(H,26,29)/t17-/m0/s1. The number of halogens is 1. The maximum Gasteiger partial charge on any atom is 0.248 e. The molecule has 0 aliphatic heterocycles. The first-order valence-electron chi connectivity index (χ1n) is 9.55. The summed E-state index contributed by atoms with van der Waals surface area (Å²) in [6.45, 7) is 5.94. The van der Waals surface area contributed by atoms with E-state index in [1.165, 1.54) is 5.56 Å². The van der Waals surface area contributed by atoms with E-state index in [9.17, 15) is 4.79 Å². The van der Waals surface area contributed by atoms with E-state index in [1.54, 1.807) is 4.68 Å². The molecule has 0 aliphatic rings. The number of benzene rings is 3. The summed E-state index contributed by atoms with van der Waals surface area (Å²) in [4.78, 5) is 13.0. The Balaban J connectivity index is 1.73. The van der Waals surface area contributed by atoms with Crippen molar-refractivity contribution in [3.8, 4) is 11.3 Å². The molecule has 0 aliphatic carbocycles. The van der Waals surface area contributed by atoms with Gasteiger partial charge in [-0.25, -0.2) is 0 Å². The van der Waals surface area contributed by atoms with Crippen molar-refractivity contribution in [1.82, 2.24) is 9.78 Å². The topological polar surface area (TPSA) is 46.9 Å². The minimum Gasteiger partial charge on any atom is -0.324 e. The second-order valence-electron chi connectivity index (χ2n) is 7.28. The maximum atomic E-state index is 13.0. The van der Waals surface area contributed by atoms with Gasteiger partial charge in [0.2, 0.25) is 5.91 Å². The summed E-state index contributed by atoms with van der Waals surface area (Å²) < 4.78 is 1.77. The number of amides is 1. The molecule has 1 heterocycles. The van der Waals surface area contributed by atoms with Crippen LogP contribution in [0, 0.1) is 13.8 Å². The number of nitrogens with zero attached hydrogens (tertiary/aromatic N) is 2. The molecule has 0 unspecified atom stereocenters. The second-order valence-corrected chi connectivity index (χ2v) is 7.72. The number of carbonyl (C=O) groups excluding carboxylic acids is 1. The molecule has 0 radical (unpaired) electrons. The Hall–Kier alpha value is -3.11. The van der Waals surface area contributed by atoms with Gasteiger partial charge in [0, 0.05) is 21.7 Å². The van der Waals surface area contributed by atoms with Gasteiger partial charge in [0.05, 0.1) is 5.52 Å². The quantitative estimate of drug-likeness (QED) is 0.442. The minimum atomic E-state index is -0.488. The molecular weight excluding hydrogens is 382 g/mol. The highest BCUT2D eigenvalue weighted by Crippen LogP contribution is 2.32. The molecule has 4 aromatic rings. The van der Waals surface area contributed by atoms with Crippen LogP contribution in [-0.2, 0) is 4.79 Å². The Morgan fingerprint density at radius 3 is 2.48 bits per heavy atom. The number of aryl methyl sites for hydroxylation is 2. The van der Waals surface area contributed by atoms with Crippen molar-refractivity contribution in [2.75, 3.05) is 5.32 Å². The summed E-state index contributed by atoms with van der Waals surface area (Å²) >= 11 is 6.25. The van der Waals surface area contributed by atoms with E-state index in [4.69, 9.17) is 16.7 Å². The Morgan fingerprint density at radius 2 is 1.76 bits per heavy atom. The van der Waals surface area contributed by atoms with Crippen molar-refractivity contribution in [3.63, 3.8) is 0 Å². The molecule has 4 nitrogen and oxygen atoms in total. The van der Waals surface area contributed by atoms with Gasteiger partial charge in [-0.05, 0) is 62.2 Å². The van der Waals surface area contributed by atoms with Gasteiger partial charge >= 0.3 is 0 Å². The molecule has 1 aromatic heterocycles. The summed E-state index contributed by atoms with van der Waals surface area (Å²) in [6, 6.07) is 21.0. The summed E-state index contributed by atoms with van der Waals surface area (Å²) in [5.74, 6) is -0.118. The van der Waals surface area contributed by atoms with Crippen molar-refractivity contribution < 1.29 is 4.79 Å². The number of anilines is 1. The molecule has 4 rings (SSSR count). The molecule has 0 fully saturated rings. The van der Waals surface area contributed by atoms with Crippen LogP contribution in [-0.4, -0.2) is 15.7 Å². The van der Waals surface area contributed by atoms with E-state index in [0.717, 1.165) is 33.4 Å². The average Bonchev–Trinajstić information content (AvgIpc) is 3.09. The number of fused-ring (bicyclic) bond motifs is 1. The molecule has 0 spiro atoms. The van der Waals surface area contributed by atoms with E-state index in [1.807, 2.05) is 80.6 Å². The van der Waals surface area contributed by atoms with Gasteiger partial charge in [0.25, 0.3) is 0 Å². The Bertz CT molecular complexity index is 1200. The van der Waals surface area contributed by atoms with Gasteiger partial charge in [-0.3, -0.25) is 9.48 Å². The lowest BCUT2D eigenvalue weighted by atomic mass is 10.1. The van der Waals surface area contributed by atoms with Crippen LogP contribution >= 0.6 is 11.6 Å². The zero-order valence-corrected chi connectivity index (χ0v) is 17.4. The molecule has 1 amide bonds. The fraction of sp³-hybridized carbons (Fsp3) is 0.167. The number of rotatable bonds is 4. The lowest BCUT2D eigenvalue weighted by Crippen LogP contribution is -2.24. The first-order valence-corrected chi connectivity index (χ1v) is 9.93. The van der Waals surface area contributed by atoms with Crippen LogP contribution in [0.15, 0.2) is 66.7 Å². The zero-order chi connectivity index (χ0) is 20.5. The van der Waals surface area contributed by atoms with Crippen molar-refractivity contribution >= 4 is 34.1 Å². The molecule has 29 heavy (non-hydrogen) atoms. The van der Waals surface area contributed by atoms with Crippen LogP contribution in [0.2, 0.25) is 5.02 Å². The van der Waals surface area contributed by atoms with E-state index in [0.29, 0.717) is 5.02 Å². The Labute approximate surface area is 175 Å². The van der Waals surface area contributed by atoms with Gasteiger partial charge in [-0.2, -0.15) is 5.10 Å². The van der Waals surface area contributed by atoms with Gasteiger partial charge in [-0.15, -0.1) is 0 Å². The van der Waals surface area contributed by atoms with Crippen LogP contribution in [0.3, 0.4) is 0 Å². The van der Waals surface area contributed by atoms with Crippen LogP contribution in [0.25, 0.3) is 22.2 Å². The second kappa shape index (κ2) is 7.72. The molecule has 0 saturated heterocycles. The van der Waals surface area contributed by atoms with E-state index in [2.05, 4.69) is 12.2 Å². The van der Waals surface area contributed by atoms with Crippen molar-refractivity contribution in [2.24, 2.45) is 0 Å². The third kappa shape index (κ3) is 3.76. The van der Waals surface area contributed by atoms with Gasteiger partial charge in [0.15, 0.2) is 0 Å². The van der Waals surface area contributed by atoms with Crippen molar-refractivity contribution in [1.29, 1.82) is 0 Å². The lowest BCUT2D eigenvalue weighted by molar-refractivity contribution is -0.118. The van der Waals surface area contributed by atoms with Crippen LogP contribution < -0.4 is 5.32 Å². The molecule has 1 N–H and O–H groups in total. The minimum absolute atomic E-state index is 0.118. The molecule has 146 valence electrons. The average molecular weight is 404 g/mol. The van der Waals surface area contributed by atoms with Crippen molar-refractivity contribution in [2.45, 2.75) is 26.8 Å². The first kappa shape index (κ1) is 19.2. The lowest BCUT2D eigenvalue weighted by Gasteiger charge is -2.15. The Morgan fingerprint density at radius 1 is 1.00 bits per heavy atom. The van der Waals surface area contributed by atoms with Gasteiger partial charge in [0.1, 0.15) is 11.7 Å². The van der Waals surface area contributed by atoms with Crippen LogP contribution in [0.4, 0.5) is 5.69 Å². The number of hydrogen-bond donors (Lipinski definition) is 1. The van der Waals surface area contributed by atoms with Crippen LogP contribution in [0.5, 0.6) is 0 Å². The molecule has 0 bridgehead atoms. The molecule has 0 saturated carbocycles. The Kier molecular flexibility index (Phi) is 5.12. The highest BCUT2D eigenvalue weighted by molar-refractivity contribution is 6.31. The molecule has 1 atom stereocenters. The molecule has 5 heteroatoms. The van der Waals surface area contributed by atoms with Gasteiger partial charge < -0.3 is 5.32 Å². The normalized spacial score (nSPS) is 12.1. The fourth-order valence-electron chi connectivity index (χ4n) is 3.39. The maximum absolute atomic E-state index is 13.0. The summed E-state index contributed by atoms with van der Waals surface area (Å²) in [5, 5.41) is 9.37. The van der Waals surface area contributed by atoms with E-state index >= 15 is 0 Å². The largest absolute Gasteiger partial charge is 0.324 e. The highest BCUT2D eigenvalue weighted by atomic mass is 35.5. The number of nitrogens with one attached hydrogen (secondary N) is 1. The summed E-state index contributed by atoms with van der Waals surface area (Å²) in [6.07, 6.45) is 0. The first-order chi connectivity index (χ1) is 13.9. The molecule has 3 aromatic carbocycles. The number of carbonyl (C=O) groups is 1. The van der Waals surface area contributed by atoms with E-state index in [-0.39, 0.29) is 5.91 Å². The monoisotopic (exact) mass is 403 g/mol. The number of hydrogen-bond acceptors (Lipinski definition) is 2. The summed E-state index contributed by atoms with van der Waals surface area (Å²) in [5.41, 5.74) is 5.79. The van der Waals surface area contributed by atoms with Gasteiger partial charge in [-0.1, -0.05) is 48.0 Å². The van der Waals surface area contributed by atoms with Crippen LogP contribution in [0.1, 0.15) is 24.1 Å². The third-order valence-electron chi connectivity index (χ3n) is 5.24. The number of aromatic nitrogens is 2. The molecular formula is C24H22ClN3O. The van der Waals surface area contributed by atoms with Crippen molar-refractivity contribution in [3.05, 3.63) is 82.9 Å². The zero-order valence-electron chi connectivity index (χ0n) is 16.6. The highest BCUT2D eigenvalue weighted by Gasteiger charge is 2.21. The smallest absolute Gasteiger partial charge is 0.248 e.